The highest BCUT2D eigenvalue weighted by molar-refractivity contribution is 9.10. The number of sulfonamides is 1. The highest BCUT2D eigenvalue weighted by Crippen LogP contribution is 2.23. The van der Waals surface area contributed by atoms with E-state index >= 15 is 0 Å². The van der Waals surface area contributed by atoms with Crippen LogP contribution in [0.15, 0.2) is 106 Å². The number of hydrogen-bond donors (Lipinski definition) is 1. The molecule has 4 aromatic carbocycles. The van der Waals surface area contributed by atoms with Crippen molar-refractivity contribution in [3.63, 3.8) is 0 Å². The van der Waals surface area contributed by atoms with Crippen LogP contribution in [-0.2, 0) is 32.6 Å². The van der Waals surface area contributed by atoms with Crippen LogP contribution in [0.1, 0.15) is 25.0 Å². The number of hydrogen-bond acceptors (Lipinski definition) is 4. The summed E-state index contributed by atoms with van der Waals surface area (Å²) in [6.07, 6.45) is 0.278. The number of fused-ring (bicyclic) bond motifs is 1. The summed E-state index contributed by atoms with van der Waals surface area (Å²) in [5.41, 5.74) is 1.70. The van der Waals surface area contributed by atoms with Crippen LogP contribution in [-0.4, -0.2) is 55.1 Å². The average Bonchev–Trinajstić information content (AvgIpc) is 2.94. The summed E-state index contributed by atoms with van der Waals surface area (Å²) < 4.78 is 29.0. The number of carbonyl (C=O) groups excluding carboxylic acids is 2. The fourth-order valence-electron chi connectivity index (χ4n) is 4.64. The molecule has 0 aromatic heterocycles. The first-order valence-corrected chi connectivity index (χ1v) is 15.6. The molecule has 7 nitrogen and oxygen atoms in total. The van der Waals surface area contributed by atoms with Crippen LogP contribution in [0.3, 0.4) is 0 Å². The third-order valence-electron chi connectivity index (χ3n) is 6.73. The van der Waals surface area contributed by atoms with Gasteiger partial charge in [0.15, 0.2) is 0 Å². The van der Waals surface area contributed by atoms with E-state index in [0.29, 0.717) is 0 Å². The van der Waals surface area contributed by atoms with Crippen molar-refractivity contribution in [1.82, 2.24) is 14.5 Å². The van der Waals surface area contributed by atoms with Gasteiger partial charge in [0.05, 0.1) is 11.4 Å². The van der Waals surface area contributed by atoms with Gasteiger partial charge in [0.1, 0.15) is 6.04 Å². The van der Waals surface area contributed by atoms with Crippen molar-refractivity contribution < 1.29 is 18.0 Å². The largest absolute Gasteiger partial charge is 0.352 e. The van der Waals surface area contributed by atoms with Gasteiger partial charge in [-0.3, -0.25) is 9.59 Å². The van der Waals surface area contributed by atoms with E-state index in [-0.39, 0.29) is 29.8 Å². The minimum atomic E-state index is -3.98. The van der Waals surface area contributed by atoms with Crippen molar-refractivity contribution in [2.75, 3.05) is 13.6 Å². The van der Waals surface area contributed by atoms with Gasteiger partial charge in [-0.05, 0) is 60.0 Å². The maximum absolute atomic E-state index is 14.0. The molecular weight excluding hydrogens is 602 g/mol. The van der Waals surface area contributed by atoms with Crippen LogP contribution in [0.2, 0.25) is 0 Å². The topological polar surface area (TPSA) is 86.8 Å². The number of nitrogens with one attached hydrogen (secondary N) is 1. The maximum Gasteiger partial charge on any atom is 0.243 e. The highest BCUT2D eigenvalue weighted by atomic mass is 79.9. The van der Waals surface area contributed by atoms with E-state index < -0.39 is 28.5 Å². The van der Waals surface area contributed by atoms with Crippen molar-refractivity contribution >= 4 is 48.5 Å². The van der Waals surface area contributed by atoms with Gasteiger partial charge in [0.2, 0.25) is 21.8 Å². The summed E-state index contributed by atoms with van der Waals surface area (Å²) in [4.78, 5) is 29.1. The number of benzene rings is 4. The second-order valence-electron chi connectivity index (χ2n) is 10.3. The Morgan fingerprint density at radius 2 is 1.49 bits per heavy atom. The SMILES string of the molecule is CC(C)NC(=O)C(Cc1ccccc1)N(Cc1cccc(Br)c1)C(=O)CN(C)S(=O)(=O)c1ccc2ccccc2c1. The van der Waals surface area contributed by atoms with Crippen LogP contribution in [0.4, 0.5) is 0 Å². The molecule has 0 radical (unpaired) electrons. The lowest BCUT2D eigenvalue weighted by Gasteiger charge is -2.33. The first-order chi connectivity index (χ1) is 19.5. The van der Waals surface area contributed by atoms with E-state index in [2.05, 4.69) is 21.2 Å². The van der Waals surface area contributed by atoms with Crippen molar-refractivity contribution in [3.05, 3.63) is 113 Å². The Bertz CT molecular complexity index is 1630. The molecule has 1 unspecified atom stereocenters. The molecule has 0 spiro atoms. The fraction of sp³-hybridized carbons (Fsp3) is 0.250. The maximum atomic E-state index is 14.0. The zero-order valence-electron chi connectivity index (χ0n) is 23.3. The number of carbonyl (C=O) groups is 2. The molecule has 0 saturated heterocycles. The molecular formula is C32H34BrN3O4S. The number of amides is 2. The van der Waals surface area contributed by atoms with Gasteiger partial charge >= 0.3 is 0 Å². The fourth-order valence-corrected chi connectivity index (χ4v) is 6.24. The van der Waals surface area contributed by atoms with Crippen molar-refractivity contribution in [2.45, 2.75) is 43.8 Å². The van der Waals surface area contributed by atoms with Gasteiger partial charge in [0.25, 0.3) is 0 Å². The Morgan fingerprint density at radius 1 is 0.829 bits per heavy atom. The van der Waals surface area contributed by atoms with Crippen LogP contribution in [0.5, 0.6) is 0 Å². The molecule has 1 atom stereocenters. The van der Waals surface area contributed by atoms with Crippen molar-refractivity contribution in [2.24, 2.45) is 0 Å². The molecule has 0 fully saturated rings. The quantitative estimate of drug-likeness (QED) is 0.239. The predicted molar refractivity (Wildman–Crippen MR) is 166 cm³/mol. The Balaban J connectivity index is 1.67. The average molecular weight is 637 g/mol. The van der Waals surface area contributed by atoms with E-state index in [1.807, 2.05) is 92.7 Å². The summed E-state index contributed by atoms with van der Waals surface area (Å²) in [5.74, 6) is -0.774. The lowest BCUT2D eigenvalue weighted by molar-refractivity contribution is -0.141. The minimum Gasteiger partial charge on any atom is -0.352 e. The highest BCUT2D eigenvalue weighted by Gasteiger charge is 2.33. The van der Waals surface area contributed by atoms with Gasteiger partial charge in [0, 0.05) is 30.5 Å². The normalized spacial score (nSPS) is 12.4. The number of halogens is 1. The van der Waals surface area contributed by atoms with Gasteiger partial charge in [-0.25, -0.2) is 8.42 Å². The summed E-state index contributed by atoms with van der Waals surface area (Å²) in [6.45, 7) is 3.43. The first-order valence-electron chi connectivity index (χ1n) is 13.4. The van der Waals surface area contributed by atoms with Gasteiger partial charge in [-0.2, -0.15) is 4.31 Å². The van der Waals surface area contributed by atoms with Crippen LogP contribution >= 0.6 is 15.9 Å². The molecule has 0 aliphatic rings. The summed E-state index contributed by atoms with van der Waals surface area (Å²) in [6, 6.07) is 28.4. The number of likely N-dealkylation sites (N-methyl/N-ethyl adjacent to an activating group) is 1. The van der Waals surface area contributed by atoms with Gasteiger partial charge < -0.3 is 10.2 Å². The predicted octanol–water partition coefficient (Wildman–Crippen LogP) is 5.39. The molecule has 0 aliphatic carbocycles. The molecule has 41 heavy (non-hydrogen) atoms. The van der Waals surface area contributed by atoms with E-state index in [0.717, 1.165) is 30.7 Å². The smallest absolute Gasteiger partial charge is 0.243 e. The molecule has 4 aromatic rings. The Kier molecular flexibility index (Phi) is 9.96. The lowest BCUT2D eigenvalue weighted by Crippen LogP contribution is -2.53. The van der Waals surface area contributed by atoms with E-state index in [1.54, 1.807) is 18.2 Å². The Labute approximate surface area is 250 Å². The van der Waals surface area contributed by atoms with Crippen molar-refractivity contribution in [1.29, 1.82) is 0 Å². The molecule has 2 amide bonds. The van der Waals surface area contributed by atoms with E-state index in [9.17, 15) is 18.0 Å². The van der Waals surface area contributed by atoms with Crippen LogP contribution in [0.25, 0.3) is 10.8 Å². The van der Waals surface area contributed by atoms with Crippen LogP contribution < -0.4 is 5.32 Å². The molecule has 0 aliphatic heterocycles. The van der Waals surface area contributed by atoms with E-state index in [1.165, 1.54) is 11.9 Å². The van der Waals surface area contributed by atoms with E-state index in [4.69, 9.17) is 0 Å². The minimum absolute atomic E-state index is 0.100. The first kappa shape index (κ1) is 30.4. The molecule has 0 saturated carbocycles. The molecule has 9 heteroatoms. The molecule has 214 valence electrons. The lowest BCUT2D eigenvalue weighted by atomic mass is 10.0. The summed E-state index contributed by atoms with van der Waals surface area (Å²) in [5, 5.41) is 4.66. The van der Waals surface area contributed by atoms with Gasteiger partial charge in [-0.15, -0.1) is 0 Å². The second kappa shape index (κ2) is 13.4. The monoisotopic (exact) mass is 635 g/mol. The number of rotatable bonds is 11. The molecule has 4 rings (SSSR count). The Morgan fingerprint density at radius 3 is 2.17 bits per heavy atom. The zero-order valence-corrected chi connectivity index (χ0v) is 25.7. The second-order valence-corrected chi connectivity index (χ2v) is 13.3. The molecule has 1 N–H and O–H groups in total. The van der Waals surface area contributed by atoms with Gasteiger partial charge in [-0.1, -0.05) is 88.7 Å². The number of nitrogens with zero attached hydrogens (tertiary/aromatic N) is 2. The summed E-state index contributed by atoms with van der Waals surface area (Å²) >= 11 is 3.48. The zero-order chi connectivity index (χ0) is 29.6. The Hall–Kier alpha value is -3.53. The summed E-state index contributed by atoms with van der Waals surface area (Å²) in [7, 11) is -2.60. The third kappa shape index (κ3) is 7.81. The molecule has 0 heterocycles. The standard InChI is InChI=1S/C32H34BrN3O4S/c1-23(2)34-32(38)30(19-24-10-5-4-6-11-24)36(21-25-12-9-15-28(33)18-25)31(37)22-35(3)41(39,40)29-17-16-26-13-7-8-14-27(26)20-29/h4-18,20,23,30H,19,21-22H2,1-3H3,(H,34,38). The third-order valence-corrected chi connectivity index (χ3v) is 9.02. The van der Waals surface area contributed by atoms with Crippen molar-refractivity contribution in [3.8, 4) is 0 Å². The van der Waals surface area contributed by atoms with Crippen LogP contribution in [0, 0.1) is 0 Å². The molecule has 0 bridgehead atoms.